The average Bonchev–Trinajstić information content (AvgIpc) is 0.751. The van der Waals surface area contributed by atoms with Crippen molar-refractivity contribution >= 4 is 120 Å². The number of halogens is 1. The maximum absolute atomic E-state index is 14.7. The number of hydrogen-bond acceptors (Lipinski definition) is 34. The van der Waals surface area contributed by atoms with Gasteiger partial charge in [-0.25, -0.2) is 19.2 Å². The Kier molecular flexibility index (Phi) is 40.9. The third-order valence-corrected chi connectivity index (χ3v) is 27.4. The van der Waals surface area contributed by atoms with Crippen LogP contribution in [0.3, 0.4) is 0 Å². The summed E-state index contributed by atoms with van der Waals surface area (Å²) in [6.07, 6.45) is -16.7. The smallest absolute Gasteiger partial charge is 0.411 e. The molecule has 4 aliphatic heterocycles. The molecule has 40 nitrogen and oxygen atoms in total. The van der Waals surface area contributed by atoms with E-state index in [1.54, 1.807) is 90.9 Å². The van der Waals surface area contributed by atoms with Gasteiger partial charge in [-0.15, -0.1) is 0 Å². The number of alkyl carbamates (subject to hydrolysis) is 1. The number of amides is 8. The summed E-state index contributed by atoms with van der Waals surface area (Å²) in [4.78, 5) is 142. The lowest BCUT2D eigenvalue weighted by atomic mass is 9.75. The molecule has 0 saturated carbocycles. The van der Waals surface area contributed by atoms with Crippen molar-refractivity contribution in [2.75, 3.05) is 72.9 Å². The van der Waals surface area contributed by atoms with Crippen molar-refractivity contribution in [2.45, 2.75) is 252 Å². The fourth-order valence-corrected chi connectivity index (χ4v) is 19.1. The predicted molar refractivity (Wildman–Crippen MR) is 488 cm³/mol. The minimum absolute atomic E-state index is 0.0198. The van der Waals surface area contributed by atoms with Gasteiger partial charge in [0.05, 0.1) is 103 Å². The molecule has 6 aliphatic rings. The molecule has 4 fully saturated rings. The van der Waals surface area contributed by atoms with Crippen LogP contribution < -0.4 is 63.1 Å². The van der Waals surface area contributed by atoms with Crippen molar-refractivity contribution in [3.63, 3.8) is 0 Å². The molecule has 724 valence electrons. The van der Waals surface area contributed by atoms with E-state index in [1.165, 1.54) is 86.1 Å². The van der Waals surface area contributed by atoms with Crippen LogP contribution in [0, 0.1) is 40.1 Å². The lowest BCUT2D eigenvalue weighted by Gasteiger charge is -2.47. The normalized spacial score (nSPS) is 27.5. The number of ketones is 1. The number of anilines is 1. The number of nitrogens with zero attached hydrogens (tertiary/aromatic N) is 1. The molecule has 4 heterocycles. The molecule has 22 atom stereocenters. The second-order valence-corrected chi connectivity index (χ2v) is 36.6. The molecule has 44 heteroatoms. The minimum atomic E-state index is -2.27. The van der Waals surface area contributed by atoms with Gasteiger partial charge in [-0.3, -0.25) is 38.9 Å². The summed E-state index contributed by atoms with van der Waals surface area (Å²) in [5.41, 5.74) is 12.2. The van der Waals surface area contributed by atoms with Gasteiger partial charge in [0.15, 0.2) is 41.8 Å². The van der Waals surface area contributed by atoms with Gasteiger partial charge in [-0.2, -0.15) is 5.48 Å². The Balaban J connectivity index is 0.934. The number of carbonyl (C=O) groups excluding carboxylic acids is 9. The maximum atomic E-state index is 14.7. The first kappa shape index (κ1) is 107. The lowest BCUT2D eigenvalue weighted by molar-refractivity contribution is -0.337. The van der Waals surface area contributed by atoms with Crippen molar-refractivity contribution in [1.29, 1.82) is 0 Å². The molecular weight excluding hydrogens is 1900 g/mol. The number of primary amides is 1. The summed E-state index contributed by atoms with van der Waals surface area (Å²) in [5, 5.41) is 83.4. The number of hydroxylamine groups is 1. The standard InChI is InChI=1S/C88H117IN10O30S3/c1-14-99(87(114)122-41-49-25-29-51(30-26-49)94-78(106)55(23-21-36-92-85(91)112)95-80(108)66(43(2)3)96-79(107)54(93-48(8)100)22-18-20-35-90)56-42-121-61(39-60(56)116-9)127-75-70(104)67(98-129-62-38-57(101)77(47(7)123-62)131-82(111)63-44(4)65(89)73(76(119-12)72(63)117-10)128-83-71(105)74(118-11)69(103)46(6)125-83)45(5)124-84(75)126-59-24-17-15-16-19-34-88(115)40-58(102)68(97-86(113)120-13)64(59)53(88)33-37-130-132-52-31-27-50(28-32-52)81(109)110/h15-16,25-33,43,45-47,54-57,59-62,66-67,69-71,74-75,77,83-84,98,101,103-105,115H,14,18,20-23,35-42,90H2,1-13H3,(H,93,100)(H,94,106)(H,95,108)(H,96,107)(H,97,113)(H,109,110)(H3,91,92,112)/b16-15-,53-33+/t45-,46+,47-,54+,55+,56+,57+,59+,60+,61+,62+,66+,67-,69+,70+,71-,74-,75-,77-,83+,84+,88+/m1/s1. The highest BCUT2D eigenvalue weighted by molar-refractivity contribution is 14.1. The second kappa shape index (κ2) is 50.6. The Labute approximate surface area is 789 Å². The number of likely N-dealkylation sites (N-methyl/N-ethyl adjacent to an activating group) is 1. The van der Waals surface area contributed by atoms with Gasteiger partial charge >= 0.3 is 24.2 Å². The summed E-state index contributed by atoms with van der Waals surface area (Å²) < 4.78 is 79.6. The maximum Gasteiger partial charge on any atom is 0.411 e. The molecule has 3 aromatic carbocycles. The quantitative estimate of drug-likeness (QED) is 0.0123. The van der Waals surface area contributed by atoms with Gasteiger partial charge in [-0.05, 0) is 161 Å². The molecule has 4 saturated heterocycles. The van der Waals surface area contributed by atoms with Crippen molar-refractivity contribution in [3.8, 4) is 40.9 Å². The number of aliphatic hydroxyl groups is 5. The van der Waals surface area contributed by atoms with Crippen LogP contribution in [0.1, 0.15) is 132 Å². The molecule has 0 radical (unpaired) electrons. The molecule has 3 aromatic rings. The number of carboxylic acids is 1. The zero-order chi connectivity index (χ0) is 96.5. The molecular formula is C88H117IN10O30S3. The van der Waals surface area contributed by atoms with E-state index in [-0.39, 0.29) is 109 Å². The zero-order valence-electron chi connectivity index (χ0n) is 75.1. The molecule has 8 amide bonds. The third-order valence-electron chi connectivity index (χ3n) is 22.5. The monoisotopic (exact) mass is 2020 g/mol. The lowest BCUT2D eigenvalue weighted by Crippen LogP contribution is -2.65. The Morgan fingerprint density at radius 1 is 0.765 bits per heavy atom. The van der Waals surface area contributed by atoms with Gasteiger partial charge in [-0.1, -0.05) is 89.1 Å². The van der Waals surface area contributed by atoms with E-state index in [9.17, 15) is 78.6 Å². The van der Waals surface area contributed by atoms with E-state index in [0.717, 1.165) is 18.9 Å². The largest absolute Gasteiger partial charge is 0.492 e. The molecule has 17 N–H and O–H groups in total. The van der Waals surface area contributed by atoms with E-state index in [4.69, 9.17) is 77.9 Å². The number of urea groups is 1. The number of carbonyl (C=O) groups is 10. The Hall–Kier alpha value is -8.96. The summed E-state index contributed by atoms with van der Waals surface area (Å²) in [6.45, 7) is 12.8. The van der Waals surface area contributed by atoms with Crippen LogP contribution in [0.15, 0.2) is 88.5 Å². The number of allylic oxidation sites excluding steroid dienone is 3. The summed E-state index contributed by atoms with van der Waals surface area (Å²) in [7, 11) is 8.99. The number of carboxylic acid groups (broad SMARTS) is 1. The van der Waals surface area contributed by atoms with E-state index < -0.39 is 210 Å². The highest BCUT2D eigenvalue weighted by Crippen LogP contribution is 2.50. The summed E-state index contributed by atoms with van der Waals surface area (Å²) >= 11 is 2.73. The minimum Gasteiger partial charge on any atom is -0.492 e. The number of rotatable bonds is 41. The number of ether oxygens (including phenoxy) is 13. The van der Waals surface area contributed by atoms with Gasteiger partial charge in [0.2, 0.25) is 40.8 Å². The second-order valence-electron chi connectivity index (χ2n) is 31.9. The first-order chi connectivity index (χ1) is 62.9. The number of unbranched alkanes of at least 4 members (excludes halogenated alkanes) is 1. The van der Waals surface area contributed by atoms with Crippen molar-refractivity contribution < 1.29 is 145 Å². The number of fused-ring (bicyclic) bond motifs is 2. The van der Waals surface area contributed by atoms with Gasteiger partial charge in [0.25, 0.3) is 0 Å². The van der Waals surface area contributed by atoms with Crippen molar-refractivity contribution in [1.82, 2.24) is 37.0 Å². The third kappa shape index (κ3) is 27.9. The topological polar surface area (TPSA) is 561 Å². The van der Waals surface area contributed by atoms with Crippen LogP contribution in [-0.2, 0) is 82.8 Å². The number of aromatic carboxylic acids is 1. The number of hydrogen-bond donors (Lipinski definition) is 15. The zero-order valence-corrected chi connectivity index (χ0v) is 79.7. The predicted octanol–water partition coefficient (Wildman–Crippen LogP) is 4.37. The first-order valence-electron chi connectivity index (χ1n) is 42.6. The Bertz CT molecular complexity index is 4770. The number of nitrogens with two attached hydrogens (primary N) is 2. The van der Waals surface area contributed by atoms with Crippen LogP contribution in [0.25, 0.3) is 0 Å². The molecule has 0 aromatic heterocycles. The number of methoxy groups -OCH3 is 5. The van der Waals surface area contributed by atoms with Crippen molar-refractivity contribution in [3.05, 3.63) is 109 Å². The summed E-state index contributed by atoms with van der Waals surface area (Å²) in [5.74, 6) is 6.67. The van der Waals surface area contributed by atoms with E-state index in [2.05, 4.69) is 61.1 Å². The van der Waals surface area contributed by atoms with Crippen LogP contribution in [-0.4, -0.2) is 295 Å². The van der Waals surface area contributed by atoms with E-state index >= 15 is 0 Å². The summed E-state index contributed by atoms with van der Waals surface area (Å²) in [6, 6.07) is 6.18. The van der Waals surface area contributed by atoms with Crippen LogP contribution >= 0.6 is 55.9 Å². The van der Waals surface area contributed by atoms with Crippen molar-refractivity contribution in [2.24, 2.45) is 17.4 Å². The molecule has 0 unspecified atom stereocenters. The average molecular weight is 2020 g/mol. The van der Waals surface area contributed by atoms with Gasteiger partial charge in [0.1, 0.15) is 61.4 Å². The number of thioether (sulfide) groups is 1. The number of benzene rings is 3. The van der Waals surface area contributed by atoms with E-state index in [0.29, 0.717) is 39.0 Å². The van der Waals surface area contributed by atoms with Crippen LogP contribution in [0.5, 0.6) is 17.2 Å². The molecule has 132 heavy (non-hydrogen) atoms. The number of Topliss-reactive ketones (excluding diaryl/α,β-unsaturated/α-hetero) is 1. The molecule has 2 bridgehead atoms. The van der Waals surface area contributed by atoms with Crippen LogP contribution in [0.2, 0.25) is 0 Å². The molecule has 0 spiro atoms. The first-order valence-corrected chi connectivity index (χ1v) is 46.9. The molecule has 9 rings (SSSR count). The highest BCUT2D eigenvalue weighted by Gasteiger charge is 2.53. The van der Waals surface area contributed by atoms with E-state index in [1.807, 2.05) is 22.6 Å². The number of nitrogens with one attached hydrogen (secondary N) is 7. The van der Waals surface area contributed by atoms with Crippen LogP contribution in [0.4, 0.5) is 20.1 Å². The molecule has 2 aliphatic carbocycles. The highest BCUT2D eigenvalue weighted by atomic mass is 127. The fraction of sp³-hybridized carbons (Fsp3) is 0.568. The van der Waals surface area contributed by atoms with Gasteiger partial charge in [0, 0.05) is 74.6 Å². The van der Waals surface area contributed by atoms with Gasteiger partial charge < -0.3 is 135 Å². The Morgan fingerprint density at radius 3 is 2.09 bits per heavy atom. The Morgan fingerprint density at radius 2 is 1.45 bits per heavy atom. The fourth-order valence-electron chi connectivity index (χ4n) is 15.5. The number of aliphatic hydroxyl groups excluding tert-OH is 4. The SMILES string of the molecule is CCN(C(=O)OCc1ccc(NC(=O)[C@H](CCCNC(N)=O)NC(=O)[C@@H](NC(=O)[C@H](CCCCN)NC(C)=O)C(C)C)cc1)[C@H]1CO[C@@H](O[C@H]2[C@H](O[C@H]3C#C/C=C\C#C[C@]4(O)CC(=O)C(NC(=O)OC)=C3/C4=C\CSSc3ccc(C(=O)O)cc3)O[C@H](C)[C@@H](NO[C@H]3C[C@H](O)[C@H](SC(=O)c4c(C)c(I)c(O[C@@H]5O[C@@H](C)[C@H](O)[C@@H](OC)[C@H]5O)c(OC)c4OC)[C@@H](C)O3)[C@@H]2O)C[C@@H]1OC.